The van der Waals surface area contributed by atoms with Crippen molar-refractivity contribution in [3.05, 3.63) is 0 Å². The van der Waals surface area contributed by atoms with Crippen LogP contribution in [0, 0.1) is 0 Å². The number of carboxylic acids is 4. The Kier molecular flexibility index (Phi) is 37.7. The number of rotatable bonds is 45. The second-order valence-electron chi connectivity index (χ2n) is 15.0. The summed E-state index contributed by atoms with van der Waals surface area (Å²) in [4.78, 5) is 104. The van der Waals surface area contributed by atoms with Crippen molar-refractivity contribution in [1.29, 1.82) is 0 Å². The van der Waals surface area contributed by atoms with E-state index in [9.17, 15) is 53.4 Å². The predicted octanol–water partition coefficient (Wildman–Crippen LogP) is 1.51. The van der Waals surface area contributed by atoms with Crippen molar-refractivity contribution in [1.82, 2.24) is 26.6 Å². The summed E-state index contributed by atoms with van der Waals surface area (Å²) in [6.07, 6.45) is 14.7. The molecule has 0 aromatic carbocycles. The molecule has 0 rings (SSSR count). The molecule has 0 aromatic rings. The Labute approximate surface area is 375 Å². The van der Waals surface area contributed by atoms with Gasteiger partial charge in [-0.15, -0.1) is 0 Å². The van der Waals surface area contributed by atoms with Gasteiger partial charge in [0.25, 0.3) is 0 Å². The third-order valence-corrected chi connectivity index (χ3v) is 9.42. The first-order chi connectivity index (χ1) is 30.7. The lowest BCUT2D eigenvalue weighted by Gasteiger charge is -2.14. The minimum absolute atomic E-state index is 0.00157. The number of nitrogens with one attached hydrogen (secondary N) is 5. The van der Waals surface area contributed by atoms with Crippen LogP contribution in [0.25, 0.3) is 0 Å². The van der Waals surface area contributed by atoms with Crippen molar-refractivity contribution in [2.45, 2.75) is 141 Å². The number of carbonyl (C=O) groups excluding carboxylic acids is 5. The van der Waals surface area contributed by atoms with E-state index in [4.69, 9.17) is 29.2 Å². The molecule has 0 spiro atoms. The number of aliphatic carboxylic acids is 4. The van der Waals surface area contributed by atoms with E-state index in [-0.39, 0.29) is 110 Å². The van der Waals surface area contributed by atoms with Crippen molar-refractivity contribution in [3.63, 3.8) is 0 Å². The maximum absolute atomic E-state index is 12.3. The number of unbranched alkanes of at least 4 members (excludes halogenated alkanes) is 13. The summed E-state index contributed by atoms with van der Waals surface area (Å²) in [5, 5.41) is 48.0. The Morgan fingerprint density at radius 2 is 0.734 bits per heavy atom. The van der Waals surface area contributed by atoms with Gasteiger partial charge in [0.2, 0.25) is 29.5 Å². The highest BCUT2D eigenvalue weighted by Gasteiger charge is 2.22. The third kappa shape index (κ3) is 39.9. The zero-order chi connectivity index (χ0) is 47.6. The van der Waals surface area contributed by atoms with E-state index in [1.807, 2.05) is 0 Å². The molecular weight excluding hydrogens is 846 g/mol. The fourth-order valence-corrected chi connectivity index (χ4v) is 5.95. The number of hydrogen-bond donors (Lipinski definition) is 9. The summed E-state index contributed by atoms with van der Waals surface area (Å²) < 4.78 is 21.0. The molecule has 64 heavy (non-hydrogen) atoms. The highest BCUT2D eigenvalue weighted by molar-refractivity contribution is 5.86. The van der Waals surface area contributed by atoms with Crippen molar-refractivity contribution < 1.29 is 82.5 Å². The average molecular weight is 920 g/mol. The standard InChI is InChI=1S/C42H73N5O17/c48-34(19-17-32(41(57)58)46-36(50)15-13-11-9-7-5-3-1-2-4-6-8-10-12-14-16-39(53)54)43-21-23-61-25-27-63-30-37(51)44-22-24-62-26-28-64-31-38(52)47-33(42(59)60)18-20-35(49)45-29-40(55)56/h32-33H,1-31H2,(H,43,48)(H,44,51)(H,45,49)(H,46,50)(H,47,52)(H,53,54)(H,55,56)(H,57,58)(H,59,60)/t32-,33-/m0/s1. The van der Waals surface area contributed by atoms with Crippen molar-refractivity contribution in [2.24, 2.45) is 0 Å². The monoisotopic (exact) mass is 920 g/mol. The molecule has 0 aliphatic carbocycles. The maximum atomic E-state index is 12.3. The summed E-state index contributed by atoms with van der Waals surface area (Å²) in [6, 6.07) is -2.53. The van der Waals surface area contributed by atoms with E-state index in [0.29, 0.717) is 6.42 Å². The minimum atomic E-state index is -1.37. The molecule has 5 amide bonds. The highest BCUT2D eigenvalue weighted by atomic mass is 16.5. The van der Waals surface area contributed by atoms with Gasteiger partial charge < -0.3 is 66.0 Å². The van der Waals surface area contributed by atoms with Gasteiger partial charge in [-0.25, -0.2) is 9.59 Å². The molecule has 2 atom stereocenters. The van der Waals surface area contributed by atoms with Gasteiger partial charge in [0.05, 0.1) is 39.6 Å². The molecule has 0 aliphatic rings. The molecular formula is C42H73N5O17. The first-order valence-electron chi connectivity index (χ1n) is 22.3. The van der Waals surface area contributed by atoms with Crippen LogP contribution in [0.3, 0.4) is 0 Å². The van der Waals surface area contributed by atoms with Crippen LogP contribution in [0.1, 0.15) is 128 Å². The van der Waals surface area contributed by atoms with Crippen LogP contribution >= 0.6 is 0 Å². The third-order valence-electron chi connectivity index (χ3n) is 9.42. The Morgan fingerprint density at radius 1 is 0.359 bits per heavy atom. The molecule has 22 heteroatoms. The molecule has 0 aliphatic heterocycles. The molecule has 0 saturated carbocycles. The Balaban J connectivity index is 3.76. The number of amides is 5. The summed E-state index contributed by atoms with van der Waals surface area (Å²) >= 11 is 0. The Morgan fingerprint density at radius 3 is 1.17 bits per heavy atom. The number of hydrogen-bond acceptors (Lipinski definition) is 13. The molecule has 9 N–H and O–H groups in total. The number of carbonyl (C=O) groups is 9. The maximum Gasteiger partial charge on any atom is 0.326 e. The van der Waals surface area contributed by atoms with Gasteiger partial charge in [-0.3, -0.25) is 33.6 Å². The zero-order valence-corrected chi connectivity index (χ0v) is 37.2. The van der Waals surface area contributed by atoms with E-state index in [2.05, 4.69) is 26.6 Å². The molecule has 368 valence electrons. The summed E-state index contributed by atoms with van der Waals surface area (Å²) in [6.45, 7) is -0.306. The van der Waals surface area contributed by atoms with Gasteiger partial charge >= 0.3 is 23.9 Å². The van der Waals surface area contributed by atoms with E-state index in [0.717, 1.165) is 51.4 Å². The van der Waals surface area contributed by atoms with E-state index >= 15 is 0 Å². The smallest absolute Gasteiger partial charge is 0.326 e. The lowest BCUT2D eigenvalue weighted by Crippen LogP contribution is -2.43. The fraction of sp³-hybridized carbons (Fsp3) is 0.786. The molecule has 0 aromatic heterocycles. The van der Waals surface area contributed by atoms with Gasteiger partial charge in [-0.05, 0) is 25.7 Å². The first-order valence-corrected chi connectivity index (χ1v) is 22.3. The average Bonchev–Trinajstić information content (AvgIpc) is 3.24. The second-order valence-corrected chi connectivity index (χ2v) is 15.0. The van der Waals surface area contributed by atoms with E-state index in [1.54, 1.807) is 0 Å². The lowest BCUT2D eigenvalue weighted by molar-refractivity contribution is -0.143. The Hall–Kier alpha value is -4.93. The molecule has 0 unspecified atom stereocenters. The van der Waals surface area contributed by atoms with E-state index < -0.39 is 66.8 Å². The van der Waals surface area contributed by atoms with Gasteiger partial charge in [-0.1, -0.05) is 77.0 Å². The predicted molar refractivity (Wildman–Crippen MR) is 229 cm³/mol. The van der Waals surface area contributed by atoms with Crippen molar-refractivity contribution in [2.75, 3.05) is 72.5 Å². The topological polar surface area (TPSA) is 332 Å². The van der Waals surface area contributed by atoms with Crippen LogP contribution in [-0.2, 0) is 62.1 Å². The minimum Gasteiger partial charge on any atom is -0.481 e. The molecule has 0 bridgehead atoms. The lowest BCUT2D eigenvalue weighted by atomic mass is 10.0. The molecule has 0 radical (unpaired) electrons. The van der Waals surface area contributed by atoms with Crippen molar-refractivity contribution >= 4 is 53.4 Å². The zero-order valence-electron chi connectivity index (χ0n) is 37.2. The van der Waals surface area contributed by atoms with Crippen LogP contribution in [0.5, 0.6) is 0 Å². The van der Waals surface area contributed by atoms with Crippen LogP contribution in [-0.4, -0.2) is 158 Å². The number of ether oxygens (including phenoxy) is 4. The van der Waals surface area contributed by atoms with Crippen LogP contribution in [0.4, 0.5) is 0 Å². The van der Waals surface area contributed by atoms with E-state index in [1.165, 1.54) is 32.1 Å². The van der Waals surface area contributed by atoms with Gasteiger partial charge in [0.15, 0.2) is 0 Å². The Bertz CT molecular complexity index is 1370. The molecule has 0 saturated heterocycles. The first kappa shape index (κ1) is 59.1. The van der Waals surface area contributed by atoms with Gasteiger partial charge in [0.1, 0.15) is 31.8 Å². The van der Waals surface area contributed by atoms with Crippen LogP contribution in [0.2, 0.25) is 0 Å². The molecule has 0 fully saturated rings. The SMILES string of the molecule is O=C(O)CCCCCCCCCCCCCCCCC(=O)N[C@@H](CCC(=O)NCCOCCOCC(=O)NCCOCCOCC(=O)N[C@@H](CCC(=O)NCC(=O)O)C(=O)O)C(=O)O. The second kappa shape index (κ2) is 40.8. The molecule has 0 heterocycles. The van der Waals surface area contributed by atoms with Crippen LogP contribution in [0.15, 0.2) is 0 Å². The largest absolute Gasteiger partial charge is 0.481 e. The molecule has 22 nitrogen and oxygen atoms in total. The van der Waals surface area contributed by atoms with Crippen LogP contribution < -0.4 is 26.6 Å². The number of carboxylic acid groups (broad SMARTS) is 4. The highest BCUT2D eigenvalue weighted by Crippen LogP contribution is 2.14. The summed E-state index contributed by atoms with van der Waals surface area (Å²) in [5.41, 5.74) is 0. The summed E-state index contributed by atoms with van der Waals surface area (Å²) in [7, 11) is 0. The summed E-state index contributed by atoms with van der Waals surface area (Å²) in [5.74, 6) is -7.08. The van der Waals surface area contributed by atoms with Crippen molar-refractivity contribution in [3.8, 4) is 0 Å². The fourth-order valence-electron chi connectivity index (χ4n) is 5.95. The normalized spacial score (nSPS) is 11.8. The quantitative estimate of drug-likeness (QED) is 0.0391. The van der Waals surface area contributed by atoms with Gasteiger partial charge in [-0.2, -0.15) is 0 Å². The van der Waals surface area contributed by atoms with Gasteiger partial charge in [0, 0.05) is 38.8 Å².